The summed E-state index contributed by atoms with van der Waals surface area (Å²) in [6.07, 6.45) is 0.698. The lowest BCUT2D eigenvalue weighted by Gasteiger charge is -2.17. The Kier molecular flexibility index (Phi) is 4.88. The first kappa shape index (κ1) is 16.5. The van der Waals surface area contributed by atoms with Crippen molar-refractivity contribution >= 4 is 27.7 Å². The van der Waals surface area contributed by atoms with E-state index in [4.69, 9.17) is 10.8 Å². The second-order valence-electron chi connectivity index (χ2n) is 3.74. The van der Waals surface area contributed by atoms with Crippen molar-refractivity contribution in [3.05, 3.63) is 28.4 Å². The van der Waals surface area contributed by atoms with Gasteiger partial charge >= 0.3 is 11.8 Å². The van der Waals surface area contributed by atoms with E-state index in [9.17, 15) is 28.1 Å². The molecule has 0 bridgehead atoms. The van der Waals surface area contributed by atoms with Crippen molar-refractivity contribution in [1.82, 2.24) is 9.29 Å². The third kappa shape index (κ3) is 4.19. The second kappa shape index (κ2) is 6.23. The van der Waals surface area contributed by atoms with Crippen molar-refractivity contribution in [1.29, 1.82) is 0 Å². The van der Waals surface area contributed by atoms with Gasteiger partial charge in [-0.25, -0.2) is 8.42 Å². The number of nitrogens with two attached hydrogens (primary N) is 1. The zero-order valence-corrected chi connectivity index (χ0v) is 11.2. The number of nitro groups is 1. The van der Waals surface area contributed by atoms with Crippen molar-refractivity contribution in [2.75, 3.05) is 13.1 Å². The molecule has 0 saturated heterocycles. The largest absolute Gasteiger partial charge is 0.480 e. The predicted octanol–water partition coefficient (Wildman–Crippen LogP) is -1.45. The molecule has 1 heterocycles. The van der Waals surface area contributed by atoms with E-state index in [2.05, 4.69) is 4.98 Å². The summed E-state index contributed by atoms with van der Waals surface area (Å²) < 4.78 is 24.6. The topological polar surface area (TPSA) is 174 Å². The minimum Gasteiger partial charge on any atom is -0.480 e. The van der Waals surface area contributed by atoms with E-state index in [-0.39, 0.29) is 0 Å². The van der Waals surface area contributed by atoms with Crippen LogP contribution in [0.15, 0.2) is 23.2 Å². The van der Waals surface area contributed by atoms with Gasteiger partial charge < -0.3 is 21.0 Å². The molecule has 12 heteroatoms. The van der Waals surface area contributed by atoms with Gasteiger partial charge in [-0.1, -0.05) is 0 Å². The summed E-state index contributed by atoms with van der Waals surface area (Å²) in [5, 5.41) is 19.1. The first-order valence-corrected chi connectivity index (χ1v) is 6.69. The van der Waals surface area contributed by atoms with Gasteiger partial charge in [-0.3, -0.25) is 9.59 Å². The van der Waals surface area contributed by atoms with E-state index >= 15 is 0 Å². The van der Waals surface area contributed by atoms with Gasteiger partial charge in [0.2, 0.25) is 15.9 Å². The Bertz CT molecular complexity index is 654. The number of aromatic nitrogens is 1. The van der Waals surface area contributed by atoms with Gasteiger partial charge in [-0.05, 0) is 16.0 Å². The molecule has 114 valence electrons. The van der Waals surface area contributed by atoms with Crippen molar-refractivity contribution in [2.45, 2.75) is 4.90 Å². The standard InChI is InChI=1S/C9H10N4O7S/c10-7(14)4-12(5-9(15)16)21(19,20)6-1-2-8(11-3-6)13(17)18/h1-3H,4-5H2,(H2,10,14)(H,15,16). The molecule has 11 nitrogen and oxygen atoms in total. The third-order valence-corrected chi connectivity index (χ3v) is 3.96. The monoisotopic (exact) mass is 318 g/mol. The molecule has 0 fully saturated rings. The van der Waals surface area contributed by atoms with Crippen LogP contribution in [0.2, 0.25) is 0 Å². The minimum atomic E-state index is -4.37. The lowest BCUT2D eigenvalue weighted by molar-refractivity contribution is -0.389. The van der Waals surface area contributed by atoms with E-state index in [0.29, 0.717) is 10.5 Å². The van der Waals surface area contributed by atoms with E-state index in [1.165, 1.54) is 0 Å². The van der Waals surface area contributed by atoms with E-state index < -0.39 is 50.6 Å². The van der Waals surface area contributed by atoms with Crippen LogP contribution >= 0.6 is 0 Å². The maximum Gasteiger partial charge on any atom is 0.363 e. The van der Waals surface area contributed by atoms with Crippen LogP contribution in [0.5, 0.6) is 0 Å². The lowest BCUT2D eigenvalue weighted by atomic mass is 10.5. The van der Waals surface area contributed by atoms with Crippen LogP contribution in [-0.4, -0.2) is 52.7 Å². The van der Waals surface area contributed by atoms with Gasteiger partial charge in [0.05, 0.1) is 6.54 Å². The molecule has 0 spiro atoms. The highest BCUT2D eigenvalue weighted by atomic mass is 32.2. The van der Waals surface area contributed by atoms with Gasteiger partial charge in [0.1, 0.15) is 11.4 Å². The third-order valence-electron chi connectivity index (χ3n) is 2.19. The molecule has 0 unspecified atom stereocenters. The van der Waals surface area contributed by atoms with Crippen LogP contribution in [0.4, 0.5) is 5.82 Å². The minimum absolute atomic E-state index is 0.334. The normalized spacial score (nSPS) is 11.3. The molecule has 0 aliphatic heterocycles. The number of hydrogen-bond acceptors (Lipinski definition) is 7. The fraction of sp³-hybridized carbons (Fsp3) is 0.222. The number of rotatable bonds is 7. The molecule has 0 saturated carbocycles. The van der Waals surface area contributed by atoms with Gasteiger partial charge in [0, 0.05) is 6.07 Å². The zero-order chi connectivity index (χ0) is 16.2. The highest BCUT2D eigenvalue weighted by molar-refractivity contribution is 7.89. The quantitative estimate of drug-likeness (QED) is 0.453. The molecule has 1 amide bonds. The second-order valence-corrected chi connectivity index (χ2v) is 5.68. The molecular formula is C9H10N4O7S. The van der Waals surface area contributed by atoms with Crippen LogP contribution in [0.25, 0.3) is 0 Å². The summed E-state index contributed by atoms with van der Waals surface area (Å²) in [7, 11) is -4.37. The molecule has 21 heavy (non-hydrogen) atoms. The Labute approximate surface area is 118 Å². The molecule has 0 aromatic carbocycles. The molecule has 1 rings (SSSR count). The molecule has 0 aliphatic carbocycles. The summed E-state index contributed by atoms with van der Waals surface area (Å²) in [5.41, 5.74) is 4.86. The molecule has 1 aromatic heterocycles. The van der Waals surface area contributed by atoms with Crippen LogP contribution in [0.3, 0.4) is 0 Å². The summed E-state index contributed by atoms with van der Waals surface area (Å²) in [6, 6.07) is 1.73. The van der Waals surface area contributed by atoms with Gasteiger partial charge in [-0.15, -0.1) is 0 Å². The number of amides is 1. The Balaban J connectivity index is 3.17. The summed E-state index contributed by atoms with van der Waals surface area (Å²) in [6.45, 7) is -1.83. The van der Waals surface area contributed by atoms with Crippen LogP contribution in [0.1, 0.15) is 0 Å². The zero-order valence-electron chi connectivity index (χ0n) is 10.4. The molecule has 0 atom stereocenters. The molecular weight excluding hydrogens is 308 g/mol. The van der Waals surface area contributed by atoms with Crippen molar-refractivity contribution in [3.63, 3.8) is 0 Å². The highest BCUT2D eigenvalue weighted by Crippen LogP contribution is 2.16. The number of pyridine rings is 1. The summed E-state index contributed by atoms with van der Waals surface area (Å²) in [5.74, 6) is -3.11. The summed E-state index contributed by atoms with van der Waals surface area (Å²) in [4.78, 5) is 33.9. The molecule has 3 N–H and O–H groups in total. The molecule has 0 aliphatic rings. The number of carboxylic acid groups (broad SMARTS) is 1. The Morgan fingerprint density at radius 2 is 2.00 bits per heavy atom. The van der Waals surface area contributed by atoms with E-state index in [0.717, 1.165) is 12.1 Å². The van der Waals surface area contributed by atoms with Crippen molar-refractivity contribution in [2.24, 2.45) is 5.73 Å². The van der Waals surface area contributed by atoms with E-state index in [1.807, 2.05) is 0 Å². The summed E-state index contributed by atoms with van der Waals surface area (Å²) >= 11 is 0. The van der Waals surface area contributed by atoms with Gasteiger partial charge in [-0.2, -0.15) is 4.31 Å². The van der Waals surface area contributed by atoms with E-state index in [1.54, 1.807) is 0 Å². The van der Waals surface area contributed by atoms with Crippen molar-refractivity contribution in [3.8, 4) is 0 Å². The number of nitrogens with zero attached hydrogens (tertiary/aromatic N) is 3. The first-order chi connectivity index (χ1) is 9.64. The maximum atomic E-state index is 12.1. The van der Waals surface area contributed by atoms with Crippen LogP contribution in [0, 0.1) is 10.1 Å². The Morgan fingerprint density at radius 1 is 1.38 bits per heavy atom. The fourth-order valence-electron chi connectivity index (χ4n) is 1.33. The number of hydrogen-bond donors (Lipinski definition) is 2. The van der Waals surface area contributed by atoms with Gasteiger partial charge in [0.15, 0.2) is 6.20 Å². The smallest absolute Gasteiger partial charge is 0.363 e. The van der Waals surface area contributed by atoms with Crippen LogP contribution in [-0.2, 0) is 19.6 Å². The fourth-order valence-corrected chi connectivity index (χ4v) is 2.63. The highest BCUT2D eigenvalue weighted by Gasteiger charge is 2.29. The lowest BCUT2D eigenvalue weighted by Crippen LogP contribution is -2.41. The number of primary amides is 1. The maximum absolute atomic E-state index is 12.1. The Hall–Kier alpha value is -2.60. The van der Waals surface area contributed by atoms with Gasteiger partial charge in [0.25, 0.3) is 0 Å². The number of sulfonamides is 1. The van der Waals surface area contributed by atoms with Crippen LogP contribution < -0.4 is 5.73 Å². The number of carbonyl (C=O) groups excluding carboxylic acids is 1. The van der Waals surface area contributed by atoms with Crippen molar-refractivity contribution < 1.29 is 28.0 Å². The number of carboxylic acids is 1. The average Bonchev–Trinajstić information content (AvgIpc) is 2.37. The Morgan fingerprint density at radius 3 is 2.38 bits per heavy atom. The SMILES string of the molecule is NC(=O)CN(CC(=O)O)S(=O)(=O)c1ccc([N+](=O)[O-])nc1. The predicted molar refractivity (Wildman–Crippen MR) is 66.5 cm³/mol. The number of carbonyl (C=O) groups is 2. The molecule has 0 radical (unpaired) electrons. The average molecular weight is 318 g/mol. The molecule has 1 aromatic rings. The number of aliphatic carboxylic acids is 1. The first-order valence-electron chi connectivity index (χ1n) is 5.25.